The van der Waals surface area contributed by atoms with E-state index in [9.17, 15) is 9.90 Å². The van der Waals surface area contributed by atoms with E-state index in [0.29, 0.717) is 5.75 Å². The van der Waals surface area contributed by atoms with Gasteiger partial charge in [-0.2, -0.15) is 0 Å². The van der Waals surface area contributed by atoms with E-state index in [0.717, 1.165) is 5.69 Å². The summed E-state index contributed by atoms with van der Waals surface area (Å²) in [5, 5.41) is 15.6. The van der Waals surface area contributed by atoms with Gasteiger partial charge in [-0.1, -0.05) is 6.07 Å². The fraction of sp³-hybridized carbons (Fsp3) is 0.500. The van der Waals surface area contributed by atoms with Crippen LogP contribution in [0.15, 0.2) is 24.3 Å². The number of nitrogens with one attached hydrogen (secondary N) is 2. The lowest BCUT2D eigenvalue weighted by molar-refractivity contribution is -0.122. The first-order chi connectivity index (χ1) is 8.82. The Kier molecular flexibility index (Phi) is 5.18. The molecular weight excluding hydrogens is 244 g/mol. The molecule has 19 heavy (non-hydrogen) atoms. The highest BCUT2D eigenvalue weighted by Gasteiger charge is 2.21. The highest BCUT2D eigenvalue weighted by atomic mass is 16.5. The number of rotatable bonds is 6. The molecule has 0 aliphatic heterocycles. The molecule has 0 bridgehead atoms. The van der Waals surface area contributed by atoms with Gasteiger partial charge in [0.2, 0.25) is 0 Å². The Balaban J connectivity index is 2.64. The molecule has 0 aromatic heterocycles. The van der Waals surface area contributed by atoms with Gasteiger partial charge in [-0.25, -0.2) is 0 Å². The average molecular weight is 266 g/mol. The molecule has 0 fully saturated rings. The third-order valence-electron chi connectivity index (χ3n) is 2.93. The average Bonchev–Trinajstić information content (AvgIpc) is 2.35. The minimum Gasteiger partial charge on any atom is -0.484 e. The van der Waals surface area contributed by atoms with Gasteiger partial charge < -0.3 is 20.5 Å². The monoisotopic (exact) mass is 266 g/mol. The fourth-order valence-electron chi connectivity index (χ4n) is 1.32. The Hall–Kier alpha value is -1.75. The molecule has 1 aromatic carbocycles. The first kappa shape index (κ1) is 15.3. The van der Waals surface area contributed by atoms with Crippen LogP contribution >= 0.6 is 0 Å². The predicted octanol–water partition coefficient (Wildman–Crippen LogP) is 1.38. The zero-order chi connectivity index (χ0) is 14.5. The number of likely N-dealkylation sites (N-methyl/N-ethyl adjacent to an activating group) is 1. The van der Waals surface area contributed by atoms with Gasteiger partial charge in [0.05, 0.1) is 11.6 Å². The van der Waals surface area contributed by atoms with E-state index < -0.39 is 5.60 Å². The molecule has 5 heteroatoms. The number of aliphatic hydroxyl groups is 1. The molecule has 1 amide bonds. The van der Waals surface area contributed by atoms with Crippen molar-refractivity contribution in [2.24, 2.45) is 0 Å². The van der Waals surface area contributed by atoms with E-state index in [4.69, 9.17) is 4.74 Å². The molecule has 5 nitrogen and oxygen atoms in total. The molecule has 1 aromatic rings. The molecule has 0 heterocycles. The van der Waals surface area contributed by atoms with Crippen LogP contribution in [0.1, 0.15) is 20.8 Å². The van der Waals surface area contributed by atoms with Crippen molar-refractivity contribution in [1.29, 1.82) is 0 Å². The van der Waals surface area contributed by atoms with E-state index >= 15 is 0 Å². The molecule has 0 saturated carbocycles. The number of benzene rings is 1. The number of hydrogen-bond donors (Lipinski definition) is 3. The van der Waals surface area contributed by atoms with Crippen LogP contribution in [-0.4, -0.2) is 36.3 Å². The lowest BCUT2D eigenvalue weighted by atomic mass is 10.0. The number of hydrogen-bond acceptors (Lipinski definition) is 4. The largest absolute Gasteiger partial charge is 0.484 e. The predicted molar refractivity (Wildman–Crippen MR) is 75.4 cm³/mol. The van der Waals surface area contributed by atoms with E-state index in [1.165, 1.54) is 0 Å². The Bertz CT molecular complexity index is 427. The van der Waals surface area contributed by atoms with Crippen molar-refractivity contribution in [3.05, 3.63) is 24.3 Å². The van der Waals surface area contributed by atoms with Crippen LogP contribution in [0.5, 0.6) is 5.75 Å². The Morgan fingerprint density at radius 3 is 2.74 bits per heavy atom. The molecule has 0 aliphatic rings. The van der Waals surface area contributed by atoms with Gasteiger partial charge in [-0.3, -0.25) is 4.79 Å². The van der Waals surface area contributed by atoms with Crippen molar-refractivity contribution in [2.75, 3.05) is 19.0 Å². The summed E-state index contributed by atoms with van der Waals surface area (Å²) in [5.74, 6) is 0.430. The van der Waals surface area contributed by atoms with Crippen molar-refractivity contribution >= 4 is 11.6 Å². The molecule has 1 rings (SSSR count). The Labute approximate surface area is 114 Å². The third-order valence-corrected chi connectivity index (χ3v) is 2.93. The van der Waals surface area contributed by atoms with Crippen LogP contribution in [0, 0.1) is 0 Å². The second-order valence-corrected chi connectivity index (χ2v) is 5.01. The lowest BCUT2D eigenvalue weighted by Gasteiger charge is -2.27. The minimum atomic E-state index is -0.820. The molecular formula is C14H22N2O3. The molecule has 0 aliphatic carbocycles. The van der Waals surface area contributed by atoms with Gasteiger partial charge in [0.25, 0.3) is 5.91 Å². The van der Waals surface area contributed by atoms with Gasteiger partial charge in [-0.15, -0.1) is 0 Å². The van der Waals surface area contributed by atoms with E-state index in [1.54, 1.807) is 33.0 Å². The second kappa shape index (κ2) is 6.43. The van der Waals surface area contributed by atoms with Crippen LogP contribution in [0.3, 0.4) is 0 Å². The molecule has 106 valence electrons. The summed E-state index contributed by atoms with van der Waals surface area (Å²) in [5.41, 5.74) is 0.0166. The SMILES string of the molecule is CNC(=O)COc1cccc(NC(C)C(C)(C)O)c1. The van der Waals surface area contributed by atoms with Gasteiger partial charge in [0.15, 0.2) is 6.61 Å². The molecule has 0 radical (unpaired) electrons. The Morgan fingerprint density at radius 1 is 1.47 bits per heavy atom. The maximum atomic E-state index is 11.1. The minimum absolute atomic E-state index is 0.0129. The first-order valence-corrected chi connectivity index (χ1v) is 6.25. The maximum absolute atomic E-state index is 11.1. The zero-order valence-corrected chi connectivity index (χ0v) is 11.9. The number of carbonyl (C=O) groups excluding carboxylic acids is 1. The smallest absolute Gasteiger partial charge is 0.257 e. The fourth-order valence-corrected chi connectivity index (χ4v) is 1.32. The number of carbonyl (C=O) groups is 1. The summed E-state index contributed by atoms with van der Waals surface area (Å²) in [6, 6.07) is 7.18. The first-order valence-electron chi connectivity index (χ1n) is 6.25. The van der Waals surface area contributed by atoms with Crippen LogP contribution in [0.2, 0.25) is 0 Å². The number of anilines is 1. The van der Waals surface area contributed by atoms with Crippen molar-refractivity contribution in [1.82, 2.24) is 5.32 Å². The molecule has 1 atom stereocenters. The molecule has 0 saturated heterocycles. The van der Waals surface area contributed by atoms with Crippen LogP contribution in [-0.2, 0) is 4.79 Å². The van der Waals surface area contributed by atoms with Gasteiger partial charge in [-0.05, 0) is 32.9 Å². The summed E-state index contributed by atoms with van der Waals surface area (Å²) >= 11 is 0. The van der Waals surface area contributed by atoms with Crippen LogP contribution in [0.25, 0.3) is 0 Å². The topological polar surface area (TPSA) is 70.6 Å². The van der Waals surface area contributed by atoms with Crippen molar-refractivity contribution in [2.45, 2.75) is 32.4 Å². The summed E-state index contributed by atoms with van der Waals surface area (Å²) in [4.78, 5) is 11.1. The standard InChI is InChI=1S/C14H22N2O3/c1-10(14(2,3)18)16-11-6-5-7-12(8-11)19-9-13(17)15-4/h5-8,10,16,18H,9H2,1-4H3,(H,15,17). The molecule has 1 unspecified atom stereocenters. The Morgan fingerprint density at radius 2 is 2.16 bits per heavy atom. The summed E-state index contributed by atoms with van der Waals surface area (Å²) in [7, 11) is 1.56. The lowest BCUT2D eigenvalue weighted by Crippen LogP contribution is -2.39. The van der Waals surface area contributed by atoms with Crippen molar-refractivity contribution in [3.8, 4) is 5.75 Å². The third kappa shape index (κ3) is 5.18. The van der Waals surface area contributed by atoms with Crippen LogP contribution < -0.4 is 15.4 Å². The van der Waals surface area contributed by atoms with E-state index in [-0.39, 0.29) is 18.6 Å². The van der Waals surface area contributed by atoms with Gasteiger partial charge >= 0.3 is 0 Å². The number of amides is 1. The van der Waals surface area contributed by atoms with E-state index in [1.807, 2.05) is 19.1 Å². The maximum Gasteiger partial charge on any atom is 0.257 e. The van der Waals surface area contributed by atoms with Gasteiger partial charge in [0.1, 0.15) is 5.75 Å². The highest BCUT2D eigenvalue weighted by molar-refractivity contribution is 5.77. The number of ether oxygens (including phenoxy) is 1. The normalized spacial score (nSPS) is 12.7. The summed E-state index contributed by atoms with van der Waals surface area (Å²) in [6.07, 6.45) is 0. The highest BCUT2D eigenvalue weighted by Crippen LogP contribution is 2.20. The molecule has 3 N–H and O–H groups in total. The molecule has 0 spiro atoms. The van der Waals surface area contributed by atoms with Crippen molar-refractivity contribution < 1.29 is 14.6 Å². The van der Waals surface area contributed by atoms with Gasteiger partial charge in [0, 0.05) is 18.8 Å². The zero-order valence-electron chi connectivity index (χ0n) is 11.9. The quantitative estimate of drug-likeness (QED) is 0.727. The second-order valence-electron chi connectivity index (χ2n) is 5.01. The summed E-state index contributed by atoms with van der Waals surface area (Å²) < 4.78 is 5.35. The van der Waals surface area contributed by atoms with Crippen LogP contribution in [0.4, 0.5) is 5.69 Å². The van der Waals surface area contributed by atoms with E-state index in [2.05, 4.69) is 10.6 Å². The summed E-state index contributed by atoms with van der Waals surface area (Å²) in [6.45, 7) is 5.38. The van der Waals surface area contributed by atoms with Crippen molar-refractivity contribution in [3.63, 3.8) is 0 Å².